The minimum Gasteiger partial charge on any atom is -0.399 e. The molecule has 1 unspecified atom stereocenters. The van der Waals surface area contributed by atoms with E-state index in [4.69, 9.17) is 14.0 Å². The number of hydrogen-bond acceptors (Lipinski definition) is 7. The number of benzene rings is 2. The number of methoxy groups -OCH3 is 1. The molecule has 2 fully saturated rings. The smallest absolute Gasteiger partial charge is 0.399 e. The summed E-state index contributed by atoms with van der Waals surface area (Å²) in [5.41, 5.74) is 2.79. The van der Waals surface area contributed by atoms with Crippen molar-refractivity contribution in [2.24, 2.45) is 0 Å². The first-order valence-corrected chi connectivity index (χ1v) is 13.4. The van der Waals surface area contributed by atoms with Gasteiger partial charge in [0.2, 0.25) is 12.3 Å². The first-order valence-electron chi connectivity index (χ1n) is 13.4. The Morgan fingerprint density at radius 1 is 1.13 bits per heavy atom. The zero-order chi connectivity index (χ0) is 27.8. The molecule has 2 aliphatic heterocycles. The molecule has 1 aromatic heterocycles. The normalized spacial score (nSPS) is 21.7. The average Bonchev–Trinajstić information content (AvgIpc) is 3.65. The summed E-state index contributed by atoms with van der Waals surface area (Å²) in [6.07, 6.45) is 2.20. The fraction of sp³-hybridized carbons (Fsp3) is 0.448. The van der Waals surface area contributed by atoms with Gasteiger partial charge in [-0.15, -0.1) is 0 Å². The second-order valence-electron chi connectivity index (χ2n) is 11.2. The molecule has 2 aromatic carbocycles. The number of amides is 1. The third kappa shape index (κ3) is 5.53. The summed E-state index contributed by atoms with van der Waals surface area (Å²) in [4.78, 5) is 23.7. The van der Waals surface area contributed by atoms with E-state index < -0.39 is 30.8 Å². The van der Waals surface area contributed by atoms with Gasteiger partial charge in [-0.05, 0) is 57.1 Å². The van der Waals surface area contributed by atoms with E-state index in [1.54, 1.807) is 0 Å². The molecule has 0 radical (unpaired) electrons. The molecule has 1 amide bonds. The fourth-order valence-electron chi connectivity index (χ4n) is 5.10. The van der Waals surface area contributed by atoms with Crippen LogP contribution < -0.4 is 10.8 Å². The number of rotatable bonds is 8. The first-order chi connectivity index (χ1) is 18.6. The molecule has 3 heterocycles. The van der Waals surface area contributed by atoms with Gasteiger partial charge in [-0.2, -0.15) is 0 Å². The number of imidazole rings is 1. The van der Waals surface area contributed by atoms with Gasteiger partial charge in [-0.1, -0.05) is 54.6 Å². The number of aromatic amines is 1. The number of likely N-dealkylation sites (tertiary alicyclic amines) is 1. The van der Waals surface area contributed by atoms with Gasteiger partial charge in [0.1, 0.15) is 11.9 Å². The van der Waals surface area contributed by atoms with Crippen LogP contribution in [0.25, 0.3) is 11.3 Å². The van der Waals surface area contributed by atoms with E-state index in [9.17, 15) is 9.90 Å². The molecule has 10 heteroatoms. The third-order valence-electron chi connectivity index (χ3n) is 8.11. The van der Waals surface area contributed by atoms with E-state index in [1.807, 2.05) is 93.4 Å². The minimum absolute atomic E-state index is 0.135. The van der Waals surface area contributed by atoms with Crippen LogP contribution in [0.5, 0.6) is 0 Å². The first kappa shape index (κ1) is 27.5. The standard InChI is InChI=1S/C29H37BN4O5/c1-28(2)29(3,4)39-30(38-28)21-15-13-19(14-16-21)22-18-31-25(32-22)23-12-9-17-34(23)26(35)24(33-27(36)37-5)20-10-7-6-8-11-20/h6-8,10-11,13-16,18,23-24,27,33,36H,9,12,17H2,1-5H3,(H,31,32)/t23-,24-,27?/m0/s1. The Morgan fingerprint density at radius 3 is 2.44 bits per heavy atom. The number of aliphatic hydroxyl groups is 1. The van der Waals surface area contributed by atoms with Crippen LogP contribution in [-0.2, 0) is 18.8 Å². The van der Waals surface area contributed by atoms with Gasteiger partial charge >= 0.3 is 7.12 Å². The number of carbonyl (C=O) groups is 1. The highest BCUT2D eigenvalue weighted by atomic mass is 16.7. The van der Waals surface area contributed by atoms with Crippen molar-refractivity contribution < 1.29 is 23.9 Å². The van der Waals surface area contributed by atoms with Crippen molar-refractivity contribution in [2.45, 2.75) is 70.2 Å². The van der Waals surface area contributed by atoms with Crippen LogP contribution in [0, 0.1) is 0 Å². The minimum atomic E-state index is -1.27. The molecular formula is C29H37BN4O5. The van der Waals surface area contributed by atoms with Crippen molar-refractivity contribution in [3.63, 3.8) is 0 Å². The molecule has 9 nitrogen and oxygen atoms in total. The third-order valence-corrected chi connectivity index (χ3v) is 8.11. The average molecular weight is 532 g/mol. The van der Waals surface area contributed by atoms with Crippen LogP contribution in [0.3, 0.4) is 0 Å². The lowest BCUT2D eigenvalue weighted by Crippen LogP contribution is -2.44. The number of nitrogens with one attached hydrogen (secondary N) is 2. The zero-order valence-electron chi connectivity index (χ0n) is 23.2. The molecular weight excluding hydrogens is 495 g/mol. The largest absolute Gasteiger partial charge is 0.494 e. The van der Waals surface area contributed by atoms with Crippen LogP contribution in [-0.4, -0.2) is 64.3 Å². The van der Waals surface area contributed by atoms with Gasteiger partial charge in [0, 0.05) is 13.7 Å². The fourth-order valence-corrected chi connectivity index (χ4v) is 5.10. The summed E-state index contributed by atoms with van der Waals surface area (Å²) in [5.74, 6) is 0.606. The molecule has 0 bridgehead atoms. The monoisotopic (exact) mass is 532 g/mol. The molecule has 0 saturated carbocycles. The van der Waals surface area contributed by atoms with E-state index >= 15 is 0 Å². The van der Waals surface area contributed by atoms with Crippen molar-refractivity contribution in [3.05, 3.63) is 72.2 Å². The lowest BCUT2D eigenvalue weighted by molar-refractivity contribution is -0.143. The van der Waals surface area contributed by atoms with Gasteiger partial charge in [0.05, 0.1) is 29.1 Å². The molecule has 5 rings (SSSR count). The van der Waals surface area contributed by atoms with Crippen molar-refractivity contribution in [1.82, 2.24) is 20.2 Å². The summed E-state index contributed by atoms with van der Waals surface area (Å²) in [5, 5.41) is 13.0. The van der Waals surface area contributed by atoms with E-state index in [0.29, 0.717) is 6.54 Å². The Hall–Kier alpha value is -3.02. The Labute approximate surface area is 230 Å². The quantitative estimate of drug-likeness (QED) is 0.302. The van der Waals surface area contributed by atoms with E-state index in [1.165, 1.54) is 7.11 Å². The topological polar surface area (TPSA) is 109 Å². The Bertz CT molecular complexity index is 1260. The van der Waals surface area contributed by atoms with Gasteiger partial charge in [0.15, 0.2) is 0 Å². The zero-order valence-corrected chi connectivity index (χ0v) is 23.2. The van der Waals surface area contributed by atoms with Crippen molar-refractivity contribution in [3.8, 4) is 11.3 Å². The maximum atomic E-state index is 13.7. The van der Waals surface area contributed by atoms with Gasteiger partial charge in [0.25, 0.3) is 0 Å². The molecule has 39 heavy (non-hydrogen) atoms. The van der Waals surface area contributed by atoms with Crippen LogP contribution in [0.2, 0.25) is 0 Å². The molecule has 3 N–H and O–H groups in total. The van der Waals surface area contributed by atoms with Crippen molar-refractivity contribution in [1.29, 1.82) is 0 Å². The van der Waals surface area contributed by atoms with Crippen LogP contribution in [0.15, 0.2) is 60.8 Å². The second kappa shape index (κ2) is 10.9. The molecule has 3 aromatic rings. The molecule has 2 saturated heterocycles. The second-order valence-corrected chi connectivity index (χ2v) is 11.2. The highest BCUT2D eigenvalue weighted by molar-refractivity contribution is 6.62. The van der Waals surface area contributed by atoms with Crippen LogP contribution in [0.1, 0.15) is 64.0 Å². The summed E-state index contributed by atoms with van der Waals surface area (Å²) in [6, 6.07) is 16.5. The predicted octanol–water partition coefficient (Wildman–Crippen LogP) is 3.29. The molecule has 0 aliphatic carbocycles. The number of H-pyrrole nitrogens is 1. The maximum Gasteiger partial charge on any atom is 0.494 e. The molecule has 3 atom stereocenters. The predicted molar refractivity (Wildman–Crippen MR) is 149 cm³/mol. The summed E-state index contributed by atoms with van der Waals surface area (Å²) < 4.78 is 17.3. The van der Waals surface area contributed by atoms with Crippen LogP contribution in [0.4, 0.5) is 0 Å². The van der Waals surface area contributed by atoms with Gasteiger partial charge < -0.3 is 29.0 Å². The number of hydrogen-bond donors (Lipinski definition) is 3. The lowest BCUT2D eigenvalue weighted by atomic mass is 9.79. The van der Waals surface area contributed by atoms with E-state index in [2.05, 4.69) is 15.3 Å². The van der Waals surface area contributed by atoms with E-state index in [-0.39, 0.29) is 11.9 Å². The molecule has 206 valence electrons. The van der Waals surface area contributed by atoms with Crippen molar-refractivity contribution >= 4 is 18.5 Å². The molecule has 0 spiro atoms. The SMILES string of the molecule is COC(O)N[C@H](C(=O)N1CCC[C@H]1c1ncc(-c2ccc(B3OC(C)(C)C(C)(C)O3)cc2)[nH]1)c1ccccc1. The highest BCUT2D eigenvalue weighted by Gasteiger charge is 2.51. The van der Waals surface area contributed by atoms with E-state index in [0.717, 1.165) is 40.9 Å². The number of ether oxygens (including phenoxy) is 1. The highest BCUT2D eigenvalue weighted by Crippen LogP contribution is 2.37. The van der Waals surface area contributed by atoms with Gasteiger partial charge in [-0.25, -0.2) is 4.98 Å². The number of nitrogens with zero attached hydrogens (tertiary/aromatic N) is 2. The number of aromatic nitrogens is 2. The number of aliphatic hydroxyl groups excluding tert-OH is 1. The van der Waals surface area contributed by atoms with Crippen LogP contribution >= 0.6 is 0 Å². The molecule has 2 aliphatic rings. The maximum absolute atomic E-state index is 13.7. The Morgan fingerprint density at radius 2 is 1.79 bits per heavy atom. The Kier molecular flexibility index (Phi) is 7.67. The number of carbonyl (C=O) groups excluding carboxylic acids is 1. The summed E-state index contributed by atoms with van der Waals surface area (Å²) in [7, 11) is 0.969. The summed E-state index contributed by atoms with van der Waals surface area (Å²) >= 11 is 0. The van der Waals surface area contributed by atoms with Gasteiger partial charge in [-0.3, -0.25) is 10.1 Å². The van der Waals surface area contributed by atoms with Crippen molar-refractivity contribution in [2.75, 3.05) is 13.7 Å². The lowest BCUT2D eigenvalue weighted by Gasteiger charge is -2.32. The Balaban J connectivity index is 1.32. The summed E-state index contributed by atoms with van der Waals surface area (Å²) in [6.45, 7) is 8.78.